The highest BCUT2D eigenvalue weighted by Gasteiger charge is 2.33. The number of hydrogen-bond acceptors (Lipinski definition) is 4. The molecule has 6 rings (SSSR count). The molecule has 1 N–H and O–H groups in total. The molecule has 3 aromatic carbocycles. The fourth-order valence-corrected chi connectivity index (χ4v) is 4.97. The van der Waals surface area contributed by atoms with Gasteiger partial charge in [0.1, 0.15) is 16.8 Å². The van der Waals surface area contributed by atoms with Crippen molar-refractivity contribution in [2.24, 2.45) is 0 Å². The third-order valence-electron chi connectivity index (χ3n) is 7.03. The average molecular weight is 492 g/mol. The fraction of sp³-hybridized carbons (Fsp3) is 0.167. The number of hydrogen-bond donors (Lipinski definition) is 1. The molecule has 0 bridgehead atoms. The van der Waals surface area contributed by atoms with Gasteiger partial charge in [-0.3, -0.25) is 14.2 Å². The van der Waals surface area contributed by atoms with Crippen molar-refractivity contribution < 1.29 is 5.11 Å². The van der Waals surface area contributed by atoms with E-state index in [1.165, 1.54) is 4.57 Å². The van der Waals surface area contributed by atoms with Crippen LogP contribution >= 0.6 is 0 Å². The summed E-state index contributed by atoms with van der Waals surface area (Å²) >= 11 is 0. The Kier molecular flexibility index (Phi) is 5.41. The molecule has 1 aliphatic carbocycles. The minimum Gasteiger partial charge on any atom is -0.506 e. The number of aromatic nitrogens is 3. The zero-order valence-electron chi connectivity index (χ0n) is 20.3. The molecule has 1 aliphatic rings. The van der Waals surface area contributed by atoms with Crippen LogP contribution in [0.1, 0.15) is 35.6 Å². The zero-order valence-corrected chi connectivity index (χ0v) is 20.3. The molecular weight excluding hydrogens is 466 g/mol. The standard InChI is InChI=1S/C30H25N3O4/c1-19-10-8-9-11-20(19)18-24-26(34)25-27(31(28(24)35)23-16-17-23)32(21-12-4-2-5-13-21)30(37)33(29(25)36)22-14-6-3-7-15-22/h2-15,23,34H,16-18H2,1H3. The lowest BCUT2D eigenvalue weighted by atomic mass is 10.00. The number of benzene rings is 3. The van der Waals surface area contributed by atoms with Crippen molar-refractivity contribution in [1.29, 1.82) is 0 Å². The average Bonchev–Trinajstić information content (AvgIpc) is 3.74. The van der Waals surface area contributed by atoms with Gasteiger partial charge in [-0.15, -0.1) is 0 Å². The summed E-state index contributed by atoms with van der Waals surface area (Å²) in [5.41, 5.74) is 1.40. The molecule has 0 spiro atoms. The van der Waals surface area contributed by atoms with Crippen molar-refractivity contribution in [3.63, 3.8) is 0 Å². The van der Waals surface area contributed by atoms with E-state index in [1.54, 1.807) is 59.2 Å². The summed E-state index contributed by atoms with van der Waals surface area (Å²) in [5.74, 6) is -0.375. The van der Waals surface area contributed by atoms with E-state index in [0.29, 0.717) is 11.4 Å². The van der Waals surface area contributed by atoms with Crippen LogP contribution in [0.4, 0.5) is 0 Å². The number of aryl methyl sites for hydroxylation is 1. The van der Waals surface area contributed by atoms with E-state index in [2.05, 4.69) is 0 Å². The summed E-state index contributed by atoms with van der Waals surface area (Å²) in [6.07, 6.45) is 1.69. The van der Waals surface area contributed by atoms with Gasteiger partial charge < -0.3 is 5.11 Å². The number of rotatable bonds is 5. The maximum absolute atomic E-state index is 14.0. The quantitative estimate of drug-likeness (QED) is 0.398. The molecule has 1 fully saturated rings. The van der Waals surface area contributed by atoms with Crippen LogP contribution in [0, 0.1) is 6.92 Å². The van der Waals surface area contributed by atoms with E-state index >= 15 is 0 Å². The van der Waals surface area contributed by atoms with Gasteiger partial charge in [-0.2, -0.15) is 0 Å². The van der Waals surface area contributed by atoms with Crippen LogP contribution in [-0.2, 0) is 6.42 Å². The molecule has 184 valence electrons. The Labute approximate surface area is 212 Å². The molecular formula is C30H25N3O4. The van der Waals surface area contributed by atoms with E-state index < -0.39 is 11.2 Å². The molecule has 2 heterocycles. The molecule has 0 unspecified atom stereocenters. The van der Waals surface area contributed by atoms with E-state index in [1.807, 2.05) is 37.3 Å². The van der Waals surface area contributed by atoms with Crippen molar-refractivity contribution in [1.82, 2.24) is 13.7 Å². The molecule has 7 nitrogen and oxygen atoms in total. The Hall–Kier alpha value is -4.65. The molecule has 2 aromatic heterocycles. The highest BCUT2D eigenvalue weighted by atomic mass is 16.3. The van der Waals surface area contributed by atoms with Crippen LogP contribution in [0.15, 0.2) is 99.3 Å². The number of nitrogens with zero attached hydrogens (tertiary/aromatic N) is 3. The summed E-state index contributed by atoms with van der Waals surface area (Å²) in [6.45, 7) is 1.95. The maximum Gasteiger partial charge on any atom is 0.341 e. The van der Waals surface area contributed by atoms with Gasteiger partial charge in [0.25, 0.3) is 11.1 Å². The highest BCUT2D eigenvalue weighted by molar-refractivity contribution is 5.85. The van der Waals surface area contributed by atoms with Gasteiger partial charge in [-0.25, -0.2) is 13.9 Å². The van der Waals surface area contributed by atoms with E-state index in [9.17, 15) is 19.5 Å². The Bertz CT molecular complexity index is 1830. The minimum absolute atomic E-state index is 0.0395. The summed E-state index contributed by atoms with van der Waals surface area (Å²) in [4.78, 5) is 41.9. The number of fused-ring (bicyclic) bond motifs is 1. The number of pyridine rings is 1. The molecule has 0 amide bonds. The van der Waals surface area contributed by atoms with Crippen LogP contribution in [-0.4, -0.2) is 18.8 Å². The van der Waals surface area contributed by atoms with Crippen LogP contribution in [0.3, 0.4) is 0 Å². The molecule has 0 saturated heterocycles. The third-order valence-corrected chi connectivity index (χ3v) is 7.03. The van der Waals surface area contributed by atoms with Crippen molar-refractivity contribution in [2.45, 2.75) is 32.2 Å². The largest absolute Gasteiger partial charge is 0.506 e. The number of aromatic hydroxyl groups is 1. The highest BCUT2D eigenvalue weighted by Crippen LogP contribution is 2.38. The lowest BCUT2D eigenvalue weighted by molar-refractivity contribution is 0.470. The first-order chi connectivity index (χ1) is 18.0. The summed E-state index contributed by atoms with van der Waals surface area (Å²) in [6, 6.07) is 25.0. The Morgan fingerprint density at radius 2 is 1.32 bits per heavy atom. The molecule has 0 aliphatic heterocycles. The molecule has 1 saturated carbocycles. The minimum atomic E-state index is -0.656. The predicted molar refractivity (Wildman–Crippen MR) is 143 cm³/mol. The van der Waals surface area contributed by atoms with Gasteiger partial charge >= 0.3 is 5.69 Å². The monoisotopic (exact) mass is 491 g/mol. The van der Waals surface area contributed by atoms with Crippen molar-refractivity contribution >= 4 is 11.0 Å². The Morgan fingerprint density at radius 1 is 0.757 bits per heavy atom. The lowest BCUT2D eigenvalue weighted by Gasteiger charge is -2.20. The third kappa shape index (κ3) is 3.71. The smallest absolute Gasteiger partial charge is 0.341 e. The summed E-state index contributed by atoms with van der Waals surface area (Å²) in [7, 11) is 0. The second-order valence-corrected chi connectivity index (χ2v) is 9.47. The van der Waals surface area contributed by atoms with Crippen LogP contribution in [0.25, 0.3) is 22.4 Å². The molecule has 0 atom stereocenters. The predicted octanol–water partition coefficient (Wildman–Crippen LogP) is 4.24. The SMILES string of the molecule is Cc1ccccc1Cc1c(O)c2c(=O)n(-c3ccccc3)c(=O)n(-c3ccccc3)c2n(C2CC2)c1=O. The second kappa shape index (κ2) is 8.78. The molecule has 37 heavy (non-hydrogen) atoms. The summed E-state index contributed by atoms with van der Waals surface area (Å²) < 4.78 is 3.99. The van der Waals surface area contributed by atoms with Gasteiger partial charge in [0.05, 0.1) is 16.9 Å². The lowest BCUT2D eigenvalue weighted by Crippen LogP contribution is -2.41. The van der Waals surface area contributed by atoms with Gasteiger partial charge in [0.15, 0.2) is 0 Å². The van der Waals surface area contributed by atoms with E-state index in [0.717, 1.165) is 28.5 Å². The fourth-order valence-electron chi connectivity index (χ4n) is 4.97. The normalized spacial score (nSPS) is 13.2. The first kappa shape index (κ1) is 22.8. The first-order valence-corrected chi connectivity index (χ1v) is 12.3. The Morgan fingerprint density at radius 3 is 1.92 bits per heavy atom. The van der Waals surface area contributed by atoms with Gasteiger partial charge in [0.2, 0.25) is 0 Å². The summed E-state index contributed by atoms with van der Waals surface area (Å²) in [5, 5.41) is 11.5. The van der Waals surface area contributed by atoms with E-state index in [-0.39, 0.29) is 40.4 Å². The first-order valence-electron chi connectivity index (χ1n) is 12.3. The van der Waals surface area contributed by atoms with Gasteiger partial charge in [0, 0.05) is 12.5 Å². The van der Waals surface area contributed by atoms with Gasteiger partial charge in [-0.05, 0) is 55.2 Å². The Balaban J connectivity index is 1.80. The molecule has 5 aromatic rings. The molecule has 7 heteroatoms. The van der Waals surface area contributed by atoms with Crippen molar-refractivity contribution in [3.8, 4) is 17.1 Å². The zero-order chi connectivity index (χ0) is 25.7. The topological polar surface area (TPSA) is 86.2 Å². The van der Waals surface area contributed by atoms with Crippen LogP contribution < -0.4 is 16.8 Å². The number of para-hydroxylation sites is 2. The van der Waals surface area contributed by atoms with Crippen LogP contribution in [0.5, 0.6) is 5.75 Å². The van der Waals surface area contributed by atoms with Gasteiger partial charge in [-0.1, -0.05) is 60.7 Å². The maximum atomic E-state index is 14.0. The second-order valence-electron chi connectivity index (χ2n) is 9.47. The van der Waals surface area contributed by atoms with E-state index in [4.69, 9.17) is 0 Å². The van der Waals surface area contributed by atoms with Crippen molar-refractivity contribution in [2.75, 3.05) is 0 Å². The van der Waals surface area contributed by atoms with Crippen molar-refractivity contribution in [3.05, 3.63) is 133 Å². The molecule has 0 radical (unpaired) electrons. The van der Waals surface area contributed by atoms with Crippen LogP contribution in [0.2, 0.25) is 0 Å².